The number of carbonyl (C=O) groups excluding carboxylic acids is 1. The molecule has 108 valence electrons. The number of nitrogens with zero attached hydrogens (tertiary/aromatic N) is 2. The summed E-state index contributed by atoms with van der Waals surface area (Å²) in [4.78, 5) is 24.6. The number of hydrogen-bond acceptors (Lipinski definition) is 5. The van der Waals surface area contributed by atoms with Crippen LogP contribution in [0.1, 0.15) is 11.3 Å². The number of benzene rings is 1. The van der Waals surface area contributed by atoms with Gasteiger partial charge in [0.15, 0.2) is 0 Å². The minimum atomic E-state index is -0.452. The first-order valence-electron chi connectivity index (χ1n) is 6.15. The third-order valence-electron chi connectivity index (χ3n) is 2.75. The van der Waals surface area contributed by atoms with Crippen LogP contribution < -0.4 is 10.1 Å². The van der Waals surface area contributed by atoms with Gasteiger partial charge in [0.05, 0.1) is 17.2 Å². The molecule has 0 unspecified atom stereocenters. The van der Waals surface area contributed by atoms with Crippen molar-refractivity contribution in [2.24, 2.45) is 0 Å². The molecule has 2 rings (SSSR count). The summed E-state index contributed by atoms with van der Waals surface area (Å²) in [6.07, 6.45) is 2.16. The lowest BCUT2D eigenvalue weighted by Crippen LogP contribution is -2.10. The van der Waals surface area contributed by atoms with Crippen LogP contribution in [0.15, 0.2) is 36.5 Å². The molecule has 0 spiro atoms. The fraction of sp³-hybridized carbons (Fsp3) is 0.143. The summed E-state index contributed by atoms with van der Waals surface area (Å²) in [6.45, 7) is 2.04. The molecule has 0 aliphatic heterocycles. The third kappa shape index (κ3) is 3.75. The van der Waals surface area contributed by atoms with Crippen LogP contribution >= 0.6 is 0 Å². The normalized spacial score (nSPS) is 9.95. The van der Waals surface area contributed by atoms with Gasteiger partial charge in [0.25, 0.3) is 5.69 Å². The lowest BCUT2D eigenvalue weighted by molar-refractivity contribution is -0.384. The maximum atomic E-state index is 10.7. The highest BCUT2D eigenvalue weighted by Crippen LogP contribution is 2.28. The van der Waals surface area contributed by atoms with Crippen molar-refractivity contribution in [1.29, 1.82) is 0 Å². The van der Waals surface area contributed by atoms with Crippen molar-refractivity contribution in [3.8, 4) is 11.5 Å². The van der Waals surface area contributed by atoms with Crippen LogP contribution in [0.2, 0.25) is 0 Å². The predicted molar refractivity (Wildman–Crippen MR) is 75.0 cm³/mol. The summed E-state index contributed by atoms with van der Waals surface area (Å²) in [5, 5.41) is 13.2. The molecule has 2 aromatic rings. The molecule has 0 aliphatic carbocycles. The molecule has 1 N–H and O–H groups in total. The van der Waals surface area contributed by atoms with E-state index in [0.717, 1.165) is 0 Å². The molecular weight excluding hydrogens is 274 g/mol. The summed E-state index contributed by atoms with van der Waals surface area (Å²) < 4.78 is 5.69. The van der Waals surface area contributed by atoms with Crippen molar-refractivity contribution in [2.75, 3.05) is 0 Å². The van der Waals surface area contributed by atoms with E-state index in [1.807, 2.05) is 0 Å². The van der Waals surface area contributed by atoms with Gasteiger partial charge in [0.1, 0.15) is 11.5 Å². The molecule has 0 saturated carbocycles. The maximum Gasteiger partial charge on any atom is 0.269 e. The number of ether oxygens (including phenoxy) is 1. The average molecular weight is 287 g/mol. The van der Waals surface area contributed by atoms with E-state index in [0.29, 0.717) is 35.7 Å². The highest BCUT2D eigenvalue weighted by Gasteiger charge is 2.09. The van der Waals surface area contributed by atoms with Crippen molar-refractivity contribution < 1.29 is 14.5 Å². The lowest BCUT2D eigenvalue weighted by Gasteiger charge is -2.09. The van der Waals surface area contributed by atoms with Crippen LogP contribution in [0.25, 0.3) is 0 Å². The number of amides is 1. The Balaban J connectivity index is 2.18. The summed E-state index contributed by atoms with van der Waals surface area (Å²) in [7, 11) is 0. The molecule has 21 heavy (non-hydrogen) atoms. The average Bonchev–Trinajstić information content (AvgIpc) is 2.47. The van der Waals surface area contributed by atoms with E-state index in [1.54, 1.807) is 31.3 Å². The van der Waals surface area contributed by atoms with Crippen LogP contribution in [-0.2, 0) is 11.3 Å². The quantitative estimate of drug-likeness (QED) is 0.500. The summed E-state index contributed by atoms with van der Waals surface area (Å²) in [6, 6.07) is 7.75. The number of non-ortho nitro benzene ring substituents is 1. The third-order valence-corrected chi connectivity index (χ3v) is 2.75. The minimum absolute atomic E-state index is 0.0189. The largest absolute Gasteiger partial charge is 0.457 e. The molecule has 1 amide bonds. The molecule has 1 aromatic heterocycles. The Hall–Kier alpha value is -2.96. The SMILES string of the molecule is Cc1cc([N+](=O)[O-])ccc1Oc1ccnc(CNC=O)c1. The number of hydrogen-bond donors (Lipinski definition) is 1. The van der Waals surface area contributed by atoms with Gasteiger partial charge in [-0.25, -0.2) is 0 Å². The standard InChI is InChI=1S/C14H13N3O4/c1-10-6-12(17(19)20)2-3-14(10)21-13-4-5-16-11(7-13)8-15-9-18/h2-7,9H,8H2,1H3,(H,15,18). The Morgan fingerprint density at radius 2 is 2.19 bits per heavy atom. The van der Waals surface area contributed by atoms with Crippen LogP contribution in [0.4, 0.5) is 5.69 Å². The molecule has 1 heterocycles. The van der Waals surface area contributed by atoms with Crippen molar-refractivity contribution in [3.63, 3.8) is 0 Å². The number of pyridine rings is 1. The fourth-order valence-corrected chi connectivity index (χ4v) is 1.75. The molecular formula is C14H13N3O4. The lowest BCUT2D eigenvalue weighted by atomic mass is 10.2. The van der Waals surface area contributed by atoms with E-state index in [4.69, 9.17) is 4.74 Å². The van der Waals surface area contributed by atoms with Crippen molar-refractivity contribution in [1.82, 2.24) is 10.3 Å². The number of aryl methyl sites for hydroxylation is 1. The predicted octanol–water partition coefficient (Wildman–Crippen LogP) is 2.34. The zero-order valence-electron chi connectivity index (χ0n) is 11.3. The molecule has 0 aliphatic rings. The second-order valence-corrected chi connectivity index (χ2v) is 4.29. The van der Waals surface area contributed by atoms with Gasteiger partial charge >= 0.3 is 0 Å². The Morgan fingerprint density at radius 1 is 1.38 bits per heavy atom. The summed E-state index contributed by atoms with van der Waals surface area (Å²) in [5.41, 5.74) is 1.33. The molecule has 0 fully saturated rings. The number of carbonyl (C=O) groups is 1. The van der Waals surface area contributed by atoms with Crippen LogP contribution in [0, 0.1) is 17.0 Å². The maximum absolute atomic E-state index is 10.7. The van der Waals surface area contributed by atoms with Gasteiger partial charge in [0, 0.05) is 24.4 Å². The smallest absolute Gasteiger partial charge is 0.269 e. The topological polar surface area (TPSA) is 94.4 Å². The van der Waals surface area contributed by atoms with Crippen molar-refractivity contribution in [2.45, 2.75) is 13.5 Å². The van der Waals surface area contributed by atoms with E-state index >= 15 is 0 Å². The number of rotatable bonds is 6. The van der Waals surface area contributed by atoms with Gasteiger partial charge in [-0.2, -0.15) is 0 Å². The highest BCUT2D eigenvalue weighted by atomic mass is 16.6. The second-order valence-electron chi connectivity index (χ2n) is 4.29. The monoisotopic (exact) mass is 287 g/mol. The van der Waals surface area contributed by atoms with E-state index in [1.165, 1.54) is 12.1 Å². The highest BCUT2D eigenvalue weighted by molar-refractivity contribution is 5.46. The van der Waals surface area contributed by atoms with Gasteiger partial charge < -0.3 is 10.1 Å². The zero-order valence-corrected chi connectivity index (χ0v) is 11.3. The van der Waals surface area contributed by atoms with Crippen molar-refractivity contribution in [3.05, 3.63) is 57.9 Å². The molecule has 7 heteroatoms. The molecule has 1 aromatic carbocycles. The number of nitro groups is 1. The van der Waals surface area contributed by atoms with Crippen molar-refractivity contribution >= 4 is 12.1 Å². The summed E-state index contributed by atoms with van der Waals surface area (Å²) >= 11 is 0. The number of nitrogens with one attached hydrogen (secondary N) is 1. The summed E-state index contributed by atoms with van der Waals surface area (Å²) in [5.74, 6) is 1.07. The van der Waals surface area contributed by atoms with Gasteiger partial charge in [-0.3, -0.25) is 19.9 Å². The van der Waals surface area contributed by atoms with Crippen LogP contribution in [-0.4, -0.2) is 16.3 Å². The molecule has 0 atom stereocenters. The molecule has 0 bridgehead atoms. The number of nitro benzene ring substituents is 1. The molecule has 7 nitrogen and oxygen atoms in total. The Morgan fingerprint density at radius 3 is 2.86 bits per heavy atom. The van der Waals surface area contributed by atoms with Gasteiger partial charge in [0.2, 0.25) is 6.41 Å². The Labute approximate surface area is 120 Å². The second kappa shape index (κ2) is 6.47. The Kier molecular flexibility index (Phi) is 4.45. The first-order valence-corrected chi connectivity index (χ1v) is 6.15. The number of aromatic nitrogens is 1. The van der Waals surface area contributed by atoms with E-state index in [9.17, 15) is 14.9 Å². The van der Waals surface area contributed by atoms with E-state index in [2.05, 4.69) is 10.3 Å². The Bertz CT molecular complexity index is 673. The minimum Gasteiger partial charge on any atom is -0.457 e. The van der Waals surface area contributed by atoms with Crippen LogP contribution in [0.5, 0.6) is 11.5 Å². The zero-order chi connectivity index (χ0) is 15.2. The van der Waals surface area contributed by atoms with Gasteiger partial charge in [-0.1, -0.05) is 0 Å². The van der Waals surface area contributed by atoms with Gasteiger partial charge in [-0.05, 0) is 24.6 Å². The first-order chi connectivity index (χ1) is 10.1. The molecule has 0 saturated heterocycles. The van der Waals surface area contributed by atoms with E-state index < -0.39 is 4.92 Å². The molecule has 0 radical (unpaired) electrons. The first kappa shape index (κ1) is 14.4. The van der Waals surface area contributed by atoms with Gasteiger partial charge in [-0.15, -0.1) is 0 Å². The van der Waals surface area contributed by atoms with E-state index in [-0.39, 0.29) is 5.69 Å². The van der Waals surface area contributed by atoms with Crippen LogP contribution in [0.3, 0.4) is 0 Å². The fourth-order valence-electron chi connectivity index (χ4n) is 1.75.